The third-order valence-electron chi connectivity index (χ3n) is 5.69. The molecule has 0 nitrogen and oxygen atoms in total. The van der Waals surface area contributed by atoms with Crippen molar-refractivity contribution in [3.05, 3.63) is 58.7 Å². The smallest absolute Gasteiger partial charge is 0.167 e. The molecule has 0 amide bonds. The van der Waals surface area contributed by atoms with Crippen LogP contribution in [0.2, 0.25) is 0 Å². The fraction of sp³-hybridized carbons (Fsp3) is 0.455. The summed E-state index contributed by atoms with van der Waals surface area (Å²) in [5.41, 5.74) is 0.00630. The van der Waals surface area contributed by atoms with Gasteiger partial charge in [0.2, 0.25) is 0 Å². The third kappa shape index (κ3) is 3.65. The van der Waals surface area contributed by atoms with Crippen LogP contribution in [0.3, 0.4) is 0 Å². The first-order chi connectivity index (χ1) is 12.4. The molecular weight excluding hydrogens is 340 g/mol. The average Bonchev–Trinajstić information content (AvgIpc) is 2.64. The summed E-state index contributed by atoms with van der Waals surface area (Å²) in [7, 11) is 0. The van der Waals surface area contributed by atoms with Crippen molar-refractivity contribution in [2.24, 2.45) is 5.92 Å². The van der Waals surface area contributed by atoms with E-state index in [2.05, 4.69) is 6.92 Å². The van der Waals surface area contributed by atoms with Gasteiger partial charge < -0.3 is 0 Å². The van der Waals surface area contributed by atoms with Gasteiger partial charge in [-0.2, -0.15) is 0 Å². The zero-order valence-electron chi connectivity index (χ0n) is 15.2. The van der Waals surface area contributed by atoms with Gasteiger partial charge in [0.1, 0.15) is 11.6 Å². The number of rotatable bonds is 4. The Bertz CT molecular complexity index is 789. The van der Waals surface area contributed by atoms with Crippen LogP contribution in [0.25, 0.3) is 11.1 Å². The molecule has 0 saturated heterocycles. The molecule has 26 heavy (non-hydrogen) atoms. The van der Waals surface area contributed by atoms with E-state index in [0.29, 0.717) is 5.92 Å². The predicted molar refractivity (Wildman–Crippen MR) is 96.1 cm³/mol. The first-order valence-electron chi connectivity index (χ1n) is 9.36. The fourth-order valence-corrected chi connectivity index (χ4v) is 4.08. The van der Waals surface area contributed by atoms with E-state index in [1.54, 1.807) is 6.07 Å². The van der Waals surface area contributed by atoms with E-state index in [-0.39, 0.29) is 11.1 Å². The van der Waals surface area contributed by atoms with Gasteiger partial charge in [-0.25, -0.2) is 17.6 Å². The number of hydrogen-bond acceptors (Lipinski definition) is 0. The largest absolute Gasteiger partial charge is 0.207 e. The zero-order chi connectivity index (χ0) is 18.8. The number of benzene rings is 2. The number of hydrogen-bond donors (Lipinski definition) is 0. The quantitative estimate of drug-likeness (QED) is 0.395. The van der Waals surface area contributed by atoms with Crippen molar-refractivity contribution >= 4 is 0 Å². The van der Waals surface area contributed by atoms with Gasteiger partial charge in [0.25, 0.3) is 0 Å². The molecule has 0 spiro atoms. The van der Waals surface area contributed by atoms with Gasteiger partial charge in [-0.3, -0.25) is 0 Å². The molecule has 0 N–H and O–H groups in total. The van der Waals surface area contributed by atoms with Crippen molar-refractivity contribution in [1.29, 1.82) is 0 Å². The van der Waals surface area contributed by atoms with E-state index < -0.39 is 28.8 Å². The highest BCUT2D eigenvalue weighted by Gasteiger charge is 2.24. The Labute approximate surface area is 152 Å². The molecule has 2 aromatic rings. The van der Waals surface area contributed by atoms with Gasteiger partial charge in [0, 0.05) is 16.7 Å². The van der Waals surface area contributed by atoms with E-state index >= 15 is 0 Å². The Balaban J connectivity index is 1.85. The second kappa shape index (κ2) is 7.81. The van der Waals surface area contributed by atoms with Gasteiger partial charge in [-0.15, -0.1) is 0 Å². The molecule has 1 fully saturated rings. The molecule has 1 aliphatic rings. The van der Waals surface area contributed by atoms with Crippen LogP contribution in [0.4, 0.5) is 17.6 Å². The standard InChI is InChI=1S/C22H24F4/c1-3-4-14-5-7-15(8-6-14)16-9-10-17(20(24)11-16)18-12-19(23)13(2)21(25)22(18)26/h9-12,14-15H,3-8H2,1-2H3/t14-,15-. The van der Waals surface area contributed by atoms with Crippen LogP contribution in [0.5, 0.6) is 0 Å². The molecule has 0 atom stereocenters. The van der Waals surface area contributed by atoms with Gasteiger partial charge in [-0.05, 0) is 62.1 Å². The molecule has 0 aliphatic heterocycles. The highest BCUT2D eigenvalue weighted by molar-refractivity contribution is 5.66. The summed E-state index contributed by atoms with van der Waals surface area (Å²) < 4.78 is 56.4. The first-order valence-corrected chi connectivity index (χ1v) is 9.36. The van der Waals surface area contributed by atoms with Gasteiger partial charge in [-0.1, -0.05) is 31.9 Å². The van der Waals surface area contributed by atoms with E-state index in [1.807, 2.05) is 0 Å². The van der Waals surface area contributed by atoms with E-state index in [1.165, 1.54) is 25.0 Å². The second-order valence-electron chi connectivity index (χ2n) is 7.40. The van der Waals surface area contributed by atoms with Crippen molar-refractivity contribution < 1.29 is 17.6 Å². The average molecular weight is 364 g/mol. The van der Waals surface area contributed by atoms with E-state index in [4.69, 9.17) is 0 Å². The van der Waals surface area contributed by atoms with Crippen LogP contribution >= 0.6 is 0 Å². The fourth-order valence-electron chi connectivity index (χ4n) is 4.08. The molecule has 1 aliphatic carbocycles. The maximum atomic E-state index is 14.6. The van der Waals surface area contributed by atoms with Gasteiger partial charge in [0.05, 0.1) is 0 Å². The lowest BCUT2D eigenvalue weighted by atomic mass is 9.77. The van der Waals surface area contributed by atoms with Crippen LogP contribution in [0, 0.1) is 36.1 Å². The summed E-state index contributed by atoms with van der Waals surface area (Å²) in [5, 5.41) is 0. The molecule has 2 aromatic carbocycles. The van der Waals surface area contributed by atoms with Crippen LogP contribution in [0.1, 0.15) is 62.5 Å². The maximum Gasteiger partial charge on any atom is 0.167 e. The molecule has 0 aromatic heterocycles. The summed E-state index contributed by atoms with van der Waals surface area (Å²) in [6, 6.07) is 5.46. The topological polar surface area (TPSA) is 0 Å². The minimum absolute atomic E-state index is 0.108. The SMILES string of the molecule is CCC[C@H]1CC[C@H](c2ccc(-c3cc(F)c(C)c(F)c3F)c(F)c2)CC1. The Hall–Kier alpha value is -1.84. The molecule has 1 saturated carbocycles. The Morgan fingerprint density at radius 1 is 0.846 bits per heavy atom. The van der Waals surface area contributed by atoms with E-state index in [9.17, 15) is 17.6 Å². The Morgan fingerprint density at radius 2 is 1.54 bits per heavy atom. The molecular formula is C22H24F4. The molecule has 0 bridgehead atoms. The van der Waals surface area contributed by atoms with Gasteiger partial charge in [0.15, 0.2) is 11.6 Å². The molecule has 4 heteroatoms. The molecule has 0 radical (unpaired) electrons. The zero-order valence-corrected chi connectivity index (χ0v) is 15.2. The molecule has 0 heterocycles. The normalized spacial score (nSPS) is 20.4. The summed E-state index contributed by atoms with van der Waals surface area (Å²) in [4.78, 5) is 0. The second-order valence-corrected chi connectivity index (χ2v) is 7.40. The first kappa shape index (κ1) is 18.9. The van der Waals surface area contributed by atoms with Crippen molar-refractivity contribution in [2.75, 3.05) is 0 Å². The van der Waals surface area contributed by atoms with Crippen molar-refractivity contribution in [3.63, 3.8) is 0 Å². The minimum atomic E-state index is -1.27. The van der Waals surface area contributed by atoms with Crippen LogP contribution < -0.4 is 0 Å². The Kier molecular flexibility index (Phi) is 5.69. The van der Waals surface area contributed by atoms with Crippen molar-refractivity contribution in [1.82, 2.24) is 0 Å². The monoisotopic (exact) mass is 364 g/mol. The highest BCUT2D eigenvalue weighted by Crippen LogP contribution is 2.39. The minimum Gasteiger partial charge on any atom is -0.207 e. The van der Waals surface area contributed by atoms with Crippen LogP contribution in [0.15, 0.2) is 24.3 Å². The summed E-state index contributed by atoms with van der Waals surface area (Å²) in [6.07, 6.45) is 6.75. The van der Waals surface area contributed by atoms with Crippen molar-refractivity contribution in [3.8, 4) is 11.1 Å². The number of halogens is 4. The summed E-state index contributed by atoms with van der Waals surface area (Å²) in [6.45, 7) is 3.35. The molecule has 0 unspecified atom stereocenters. The van der Waals surface area contributed by atoms with E-state index in [0.717, 1.165) is 50.2 Å². The van der Waals surface area contributed by atoms with Gasteiger partial charge >= 0.3 is 0 Å². The molecule has 3 rings (SSSR count). The lowest BCUT2D eigenvalue weighted by Gasteiger charge is -2.28. The predicted octanol–water partition coefficient (Wildman–Crippen LogP) is 7.29. The lowest BCUT2D eigenvalue weighted by Crippen LogP contribution is -2.13. The van der Waals surface area contributed by atoms with Crippen LogP contribution in [-0.4, -0.2) is 0 Å². The third-order valence-corrected chi connectivity index (χ3v) is 5.69. The molecule has 140 valence electrons. The lowest BCUT2D eigenvalue weighted by molar-refractivity contribution is 0.308. The van der Waals surface area contributed by atoms with Crippen molar-refractivity contribution in [2.45, 2.75) is 58.3 Å². The maximum absolute atomic E-state index is 14.6. The Morgan fingerprint density at radius 3 is 2.15 bits per heavy atom. The van der Waals surface area contributed by atoms with Crippen LogP contribution in [-0.2, 0) is 0 Å². The highest BCUT2D eigenvalue weighted by atomic mass is 19.2. The summed E-state index contributed by atoms with van der Waals surface area (Å²) >= 11 is 0. The summed E-state index contributed by atoms with van der Waals surface area (Å²) in [5.74, 6) is -2.94.